The number of hydrogen-bond donors (Lipinski definition) is 1. The number of rotatable bonds is 6. The molecule has 27 heavy (non-hydrogen) atoms. The molecule has 136 valence electrons. The van der Waals surface area contributed by atoms with Crippen molar-refractivity contribution in [2.45, 2.75) is 25.8 Å². The van der Waals surface area contributed by atoms with Crippen molar-refractivity contribution in [2.75, 3.05) is 6.61 Å². The first kappa shape index (κ1) is 17.3. The van der Waals surface area contributed by atoms with Crippen LogP contribution >= 0.6 is 0 Å². The average Bonchev–Trinajstić information content (AvgIpc) is 3.20. The molecule has 0 spiro atoms. The smallest absolute Gasteiger partial charge is 0.220 e. The fourth-order valence-electron chi connectivity index (χ4n) is 3.37. The largest absolute Gasteiger partial charge is 0.493 e. The van der Waals surface area contributed by atoms with Gasteiger partial charge in [-0.2, -0.15) is 0 Å². The van der Waals surface area contributed by atoms with Crippen molar-refractivity contribution in [3.63, 3.8) is 0 Å². The van der Waals surface area contributed by atoms with Crippen molar-refractivity contribution in [1.29, 1.82) is 0 Å². The van der Waals surface area contributed by atoms with Crippen LogP contribution in [0.1, 0.15) is 23.1 Å². The van der Waals surface area contributed by atoms with E-state index in [9.17, 15) is 4.79 Å². The first-order valence-electron chi connectivity index (χ1n) is 9.43. The molecular weight excluding hydrogens is 334 g/mol. The second-order valence-corrected chi connectivity index (χ2v) is 6.88. The lowest BCUT2D eigenvalue weighted by Gasteiger charge is -2.08. The van der Waals surface area contributed by atoms with Crippen LogP contribution in [-0.4, -0.2) is 12.5 Å². The molecule has 4 rings (SSSR count). The topological polar surface area (TPSA) is 38.3 Å². The van der Waals surface area contributed by atoms with Crippen LogP contribution in [-0.2, 0) is 24.2 Å². The first-order chi connectivity index (χ1) is 13.3. The monoisotopic (exact) mass is 357 g/mol. The average molecular weight is 357 g/mol. The van der Waals surface area contributed by atoms with Crippen LogP contribution in [0.2, 0.25) is 0 Å². The molecule has 3 aromatic carbocycles. The number of nitrogens with one attached hydrogen (secondary N) is 1. The molecule has 0 saturated heterocycles. The summed E-state index contributed by atoms with van der Waals surface area (Å²) in [5.74, 6) is 1.09. The maximum atomic E-state index is 12.1. The van der Waals surface area contributed by atoms with Crippen LogP contribution < -0.4 is 10.1 Å². The van der Waals surface area contributed by atoms with Crippen molar-refractivity contribution < 1.29 is 9.53 Å². The molecule has 1 amide bonds. The van der Waals surface area contributed by atoms with Gasteiger partial charge in [-0.3, -0.25) is 4.79 Å². The number of benzene rings is 3. The minimum absolute atomic E-state index is 0.0848. The maximum absolute atomic E-state index is 12.1. The number of ether oxygens (including phenoxy) is 1. The van der Waals surface area contributed by atoms with Gasteiger partial charge in [-0.1, -0.05) is 60.7 Å². The number of amides is 1. The molecule has 3 heteroatoms. The Morgan fingerprint density at radius 2 is 1.67 bits per heavy atom. The third-order valence-electron chi connectivity index (χ3n) is 4.95. The Bertz CT molecular complexity index is 917. The Morgan fingerprint density at radius 3 is 2.48 bits per heavy atom. The van der Waals surface area contributed by atoms with Crippen LogP contribution in [0.3, 0.4) is 0 Å². The molecule has 1 aliphatic heterocycles. The zero-order chi connectivity index (χ0) is 18.5. The van der Waals surface area contributed by atoms with Crippen molar-refractivity contribution in [3.05, 3.63) is 89.5 Å². The number of aryl methyl sites for hydroxylation is 1. The van der Waals surface area contributed by atoms with Gasteiger partial charge in [-0.15, -0.1) is 0 Å². The zero-order valence-corrected chi connectivity index (χ0v) is 15.3. The molecule has 0 bridgehead atoms. The van der Waals surface area contributed by atoms with Crippen LogP contribution in [0.25, 0.3) is 11.1 Å². The van der Waals surface area contributed by atoms with E-state index in [0.29, 0.717) is 13.0 Å². The van der Waals surface area contributed by atoms with E-state index in [0.717, 1.165) is 30.8 Å². The highest BCUT2D eigenvalue weighted by Crippen LogP contribution is 2.30. The van der Waals surface area contributed by atoms with Gasteiger partial charge in [0.15, 0.2) is 0 Å². The Morgan fingerprint density at radius 1 is 0.889 bits per heavy atom. The maximum Gasteiger partial charge on any atom is 0.220 e. The van der Waals surface area contributed by atoms with Crippen LogP contribution in [0.5, 0.6) is 5.75 Å². The molecule has 0 radical (unpaired) electrons. The summed E-state index contributed by atoms with van der Waals surface area (Å²) >= 11 is 0. The Balaban J connectivity index is 1.31. The van der Waals surface area contributed by atoms with E-state index in [4.69, 9.17) is 4.74 Å². The molecule has 0 fully saturated rings. The Labute approximate surface area is 160 Å². The predicted molar refractivity (Wildman–Crippen MR) is 108 cm³/mol. The molecule has 1 heterocycles. The van der Waals surface area contributed by atoms with Crippen LogP contribution in [0, 0.1) is 0 Å². The highest BCUT2D eigenvalue weighted by Gasteiger charge is 2.12. The lowest BCUT2D eigenvalue weighted by molar-refractivity contribution is -0.121. The van der Waals surface area contributed by atoms with Gasteiger partial charge in [0.1, 0.15) is 5.75 Å². The molecule has 1 aliphatic rings. The molecule has 0 unspecified atom stereocenters. The van der Waals surface area contributed by atoms with Gasteiger partial charge in [0.05, 0.1) is 6.61 Å². The number of carbonyl (C=O) groups excluding carboxylic acids is 1. The van der Waals surface area contributed by atoms with E-state index in [-0.39, 0.29) is 5.91 Å². The second kappa shape index (κ2) is 8.09. The predicted octanol–water partition coefficient (Wildman–Crippen LogP) is 4.54. The van der Waals surface area contributed by atoms with Gasteiger partial charge in [0, 0.05) is 19.4 Å². The van der Waals surface area contributed by atoms with Crippen LogP contribution in [0.15, 0.2) is 72.8 Å². The molecule has 3 nitrogen and oxygen atoms in total. The number of hydrogen-bond acceptors (Lipinski definition) is 2. The lowest BCUT2D eigenvalue weighted by atomic mass is 10.0. The molecular formula is C24H23NO2. The molecule has 0 aromatic heterocycles. The summed E-state index contributed by atoms with van der Waals surface area (Å²) in [5.41, 5.74) is 5.97. The van der Waals surface area contributed by atoms with E-state index in [1.54, 1.807) is 0 Å². The van der Waals surface area contributed by atoms with Crippen LogP contribution in [0.4, 0.5) is 0 Å². The van der Waals surface area contributed by atoms with Crippen molar-refractivity contribution in [2.24, 2.45) is 0 Å². The van der Waals surface area contributed by atoms with Crippen molar-refractivity contribution in [1.82, 2.24) is 5.32 Å². The fraction of sp³-hybridized carbons (Fsp3) is 0.208. The second-order valence-electron chi connectivity index (χ2n) is 6.88. The van der Waals surface area contributed by atoms with E-state index in [2.05, 4.69) is 59.9 Å². The molecule has 0 atom stereocenters. The zero-order valence-electron chi connectivity index (χ0n) is 15.3. The Hall–Kier alpha value is -3.07. The quantitative estimate of drug-likeness (QED) is 0.703. The van der Waals surface area contributed by atoms with Gasteiger partial charge in [-0.25, -0.2) is 0 Å². The van der Waals surface area contributed by atoms with Crippen molar-refractivity contribution in [3.8, 4) is 16.9 Å². The normalized spacial score (nSPS) is 12.3. The standard InChI is InChI=1S/C24H23NO2/c26-24(13-8-18-4-2-1-3-5-18)25-17-19-6-9-20(10-7-19)21-11-12-23-22(16-21)14-15-27-23/h1-7,9-12,16H,8,13-15,17H2,(H,25,26). The highest BCUT2D eigenvalue weighted by molar-refractivity contribution is 5.76. The van der Waals surface area contributed by atoms with Crippen molar-refractivity contribution >= 4 is 5.91 Å². The summed E-state index contributed by atoms with van der Waals surface area (Å²) in [4.78, 5) is 12.1. The minimum atomic E-state index is 0.0848. The SMILES string of the molecule is O=C(CCc1ccccc1)NCc1ccc(-c2ccc3c(c2)CCO3)cc1. The van der Waals surface area contributed by atoms with Gasteiger partial charge in [0.2, 0.25) is 5.91 Å². The van der Waals surface area contributed by atoms with Gasteiger partial charge in [0.25, 0.3) is 0 Å². The van der Waals surface area contributed by atoms with E-state index < -0.39 is 0 Å². The summed E-state index contributed by atoms with van der Waals surface area (Å²) < 4.78 is 5.57. The summed E-state index contributed by atoms with van der Waals surface area (Å²) in [6.45, 7) is 1.34. The molecule has 1 N–H and O–H groups in total. The fourth-order valence-corrected chi connectivity index (χ4v) is 3.37. The van der Waals surface area contributed by atoms with Gasteiger partial charge >= 0.3 is 0 Å². The third kappa shape index (κ3) is 4.37. The van der Waals surface area contributed by atoms with Gasteiger partial charge in [-0.05, 0) is 46.4 Å². The summed E-state index contributed by atoms with van der Waals surface area (Å²) in [6, 6.07) is 24.9. The molecule has 0 aliphatic carbocycles. The number of carbonyl (C=O) groups is 1. The lowest BCUT2D eigenvalue weighted by Crippen LogP contribution is -2.22. The first-order valence-corrected chi connectivity index (χ1v) is 9.43. The summed E-state index contributed by atoms with van der Waals surface area (Å²) in [5, 5.41) is 3.01. The van der Waals surface area contributed by atoms with E-state index >= 15 is 0 Å². The van der Waals surface area contributed by atoms with E-state index in [1.807, 2.05) is 18.2 Å². The Kier molecular flexibility index (Phi) is 5.20. The minimum Gasteiger partial charge on any atom is -0.493 e. The summed E-state index contributed by atoms with van der Waals surface area (Å²) in [6.07, 6.45) is 2.27. The highest BCUT2D eigenvalue weighted by atomic mass is 16.5. The summed E-state index contributed by atoms with van der Waals surface area (Å²) in [7, 11) is 0. The number of fused-ring (bicyclic) bond motifs is 1. The van der Waals surface area contributed by atoms with Gasteiger partial charge < -0.3 is 10.1 Å². The molecule has 3 aromatic rings. The third-order valence-corrected chi connectivity index (χ3v) is 4.95. The molecule has 0 saturated carbocycles. The van der Waals surface area contributed by atoms with E-state index in [1.165, 1.54) is 22.3 Å².